The van der Waals surface area contributed by atoms with E-state index in [-0.39, 0.29) is 12.0 Å². The molecule has 1 aliphatic heterocycles. The molecule has 0 bridgehead atoms. The Morgan fingerprint density at radius 2 is 2.24 bits per heavy atom. The third-order valence-corrected chi connectivity index (χ3v) is 3.54. The van der Waals surface area contributed by atoms with E-state index in [1.807, 2.05) is 0 Å². The van der Waals surface area contributed by atoms with E-state index in [0.29, 0.717) is 12.3 Å². The normalized spacial score (nSPS) is 25.8. The zero-order valence-corrected chi connectivity index (χ0v) is 10.7. The monoisotopic (exact) mass is 243 g/mol. The number of amides is 1. The number of rotatable bonds is 6. The number of nitrogens with two attached hydrogens (primary N) is 1. The summed E-state index contributed by atoms with van der Waals surface area (Å²) in [7, 11) is 0. The molecule has 5 nitrogen and oxygen atoms in total. The van der Waals surface area contributed by atoms with Gasteiger partial charge in [0.1, 0.15) is 0 Å². The number of β-amino-alcohol motifs (C(OH)–C–C–N with tert-alkyl or cyclic N) is 1. The molecule has 2 unspecified atom stereocenters. The second-order valence-electron chi connectivity index (χ2n) is 5.01. The van der Waals surface area contributed by atoms with Crippen LogP contribution in [0.25, 0.3) is 0 Å². The molecule has 0 saturated carbocycles. The molecular formula is C12H25N3O2. The predicted octanol–water partition coefficient (Wildman–Crippen LogP) is 0.239. The van der Waals surface area contributed by atoms with Gasteiger partial charge in [-0.1, -0.05) is 13.3 Å². The van der Waals surface area contributed by atoms with Crippen LogP contribution >= 0.6 is 0 Å². The van der Waals surface area contributed by atoms with Gasteiger partial charge in [-0.3, -0.25) is 10.2 Å². The van der Waals surface area contributed by atoms with Crippen LogP contribution in [-0.4, -0.2) is 41.7 Å². The summed E-state index contributed by atoms with van der Waals surface area (Å²) in [6, 6.07) is 0. The van der Waals surface area contributed by atoms with Gasteiger partial charge in [-0.15, -0.1) is 0 Å². The second kappa shape index (κ2) is 7.63. The van der Waals surface area contributed by atoms with Crippen LogP contribution < -0.4 is 11.3 Å². The highest BCUT2D eigenvalue weighted by atomic mass is 16.3. The largest absolute Gasteiger partial charge is 0.392 e. The Kier molecular flexibility index (Phi) is 6.47. The van der Waals surface area contributed by atoms with Crippen LogP contribution in [0.1, 0.15) is 39.0 Å². The molecule has 1 fully saturated rings. The highest BCUT2D eigenvalue weighted by Crippen LogP contribution is 2.17. The number of hydrazine groups is 1. The molecule has 4 N–H and O–H groups in total. The fourth-order valence-corrected chi connectivity index (χ4v) is 2.19. The van der Waals surface area contributed by atoms with Gasteiger partial charge in [0.2, 0.25) is 5.91 Å². The molecule has 5 heteroatoms. The highest BCUT2D eigenvalue weighted by Gasteiger charge is 2.23. The molecule has 0 aromatic rings. The molecular weight excluding hydrogens is 218 g/mol. The number of hydrogen-bond acceptors (Lipinski definition) is 4. The van der Waals surface area contributed by atoms with Crippen LogP contribution in [0.15, 0.2) is 0 Å². The minimum atomic E-state index is -0.174. The Morgan fingerprint density at radius 1 is 1.47 bits per heavy atom. The molecule has 17 heavy (non-hydrogen) atoms. The van der Waals surface area contributed by atoms with Crippen LogP contribution in [-0.2, 0) is 4.79 Å². The summed E-state index contributed by atoms with van der Waals surface area (Å²) in [5.74, 6) is 5.34. The molecule has 0 aromatic heterocycles. The summed E-state index contributed by atoms with van der Waals surface area (Å²) in [5.41, 5.74) is 2.13. The molecule has 1 amide bonds. The Balaban J connectivity index is 2.01. The molecule has 1 saturated heterocycles. The summed E-state index contributed by atoms with van der Waals surface area (Å²) >= 11 is 0. The number of nitrogens with one attached hydrogen (secondary N) is 1. The molecule has 1 rings (SSSR count). The maximum atomic E-state index is 10.9. The van der Waals surface area contributed by atoms with Crippen LogP contribution in [0.4, 0.5) is 0 Å². The smallest absolute Gasteiger partial charge is 0.233 e. The number of aliphatic hydroxyl groups is 1. The van der Waals surface area contributed by atoms with Crippen LogP contribution in [0.5, 0.6) is 0 Å². The van der Waals surface area contributed by atoms with Crippen molar-refractivity contribution in [2.24, 2.45) is 11.8 Å². The fourth-order valence-electron chi connectivity index (χ4n) is 2.19. The first-order chi connectivity index (χ1) is 8.13. The van der Waals surface area contributed by atoms with Crippen LogP contribution in [0, 0.1) is 5.92 Å². The van der Waals surface area contributed by atoms with Crippen molar-refractivity contribution in [2.75, 3.05) is 19.6 Å². The molecule has 100 valence electrons. The third kappa shape index (κ3) is 5.48. The molecule has 2 atom stereocenters. The van der Waals surface area contributed by atoms with Gasteiger partial charge >= 0.3 is 0 Å². The van der Waals surface area contributed by atoms with Crippen molar-refractivity contribution in [1.29, 1.82) is 0 Å². The molecule has 1 aliphatic rings. The van der Waals surface area contributed by atoms with E-state index in [1.54, 1.807) is 0 Å². The topological polar surface area (TPSA) is 78.6 Å². The summed E-state index contributed by atoms with van der Waals surface area (Å²) in [5, 5.41) is 9.75. The van der Waals surface area contributed by atoms with Gasteiger partial charge in [0, 0.05) is 13.0 Å². The van der Waals surface area contributed by atoms with E-state index in [4.69, 9.17) is 5.84 Å². The molecule has 0 aromatic carbocycles. The summed E-state index contributed by atoms with van der Waals surface area (Å²) < 4.78 is 0. The highest BCUT2D eigenvalue weighted by molar-refractivity contribution is 5.74. The van der Waals surface area contributed by atoms with Crippen molar-refractivity contribution in [1.82, 2.24) is 10.3 Å². The zero-order valence-electron chi connectivity index (χ0n) is 10.7. The quantitative estimate of drug-likeness (QED) is 0.270. The number of unbranched alkanes of at least 4 members (excludes halogenated alkanes) is 2. The van der Waals surface area contributed by atoms with Crippen molar-refractivity contribution < 1.29 is 9.90 Å². The standard InChI is InChI=1S/C12H25N3O2/c1-10-6-8-15(9-11(10)16)7-4-2-3-5-12(17)14-13/h10-11,16H,2-9,13H2,1H3,(H,14,17). The molecule has 0 radical (unpaired) electrons. The molecule has 0 aliphatic carbocycles. The Labute approximate surface area is 103 Å². The van der Waals surface area contributed by atoms with E-state index in [1.165, 1.54) is 0 Å². The van der Waals surface area contributed by atoms with Gasteiger partial charge in [-0.25, -0.2) is 5.84 Å². The first-order valence-corrected chi connectivity index (χ1v) is 6.53. The summed E-state index contributed by atoms with van der Waals surface area (Å²) in [6.07, 6.45) is 4.42. The van der Waals surface area contributed by atoms with Gasteiger partial charge in [0.05, 0.1) is 6.10 Å². The summed E-state index contributed by atoms with van der Waals surface area (Å²) in [4.78, 5) is 13.2. The molecule has 0 spiro atoms. The van der Waals surface area contributed by atoms with Gasteiger partial charge < -0.3 is 10.0 Å². The number of nitrogens with zero attached hydrogens (tertiary/aromatic N) is 1. The lowest BCUT2D eigenvalue weighted by Gasteiger charge is -2.34. The van der Waals surface area contributed by atoms with Gasteiger partial charge in [-0.05, 0) is 38.3 Å². The lowest BCUT2D eigenvalue weighted by atomic mass is 9.96. The van der Waals surface area contributed by atoms with Crippen LogP contribution in [0.2, 0.25) is 0 Å². The number of piperidine rings is 1. The lowest BCUT2D eigenvalue weighted by molar-refractivity contribution is -0.121. The second-order valence-corrected chi connectivity index (χ2v) is 5.01. The maximum absolute atomic E-state index is 10.9. The number of aliphatic hydroxyl groups excluding tert-OH is 1. The SMILES string of the molecule is CC1CCN(CCCCCC(=O)NN)CC1O. The number of likely N-dealkylation sites (tertiary alicyclic amines) is 1. The lowest BCUT2D eigenvalue weighted by Crippen LogP contribution is -2.43. The van der Waals surface area contributed by atoms with Gasteiger partial charge in [0.25, 0.3) is 0 Å². The first-order valence-electron chi connectivity index (χ1n) is 6.53. The minimum Gasteiger partial charge on any atom is -0.392 e. The number of carbonyl (C=O) groups excluding carboxylic acids is 1. The van der Waals surface area contributed by atoms with E-state index in [0.717, 1.165) is 45.3 Å². The number of hydrogen-bond donors (Lipinski definition) is 3. The van der Waals surface area contributed by atoms with Crippen molar-refractivity contribution >= 4 is 5.91 Å². The predicted molar refractivity (Wildman–Crippen MR) is 67.0 cm³/mol. The average molecular weight is 243 g/mol. The van der Waals surface area contributed by atoms with E-state index in [2.05, 4.69) is 17.2 Å². The fraction of sp³-hybridized carbons (Fsp3) is 0.917. The van der Waals surface area contributed by atoms with Gasteiger partial charge in [-0.2, -0.15) is 0 Å². The third-order valence-electron chi connectivity index (χ3n) is 3.54. The maximum Gasteiger partial charge on any atom is 0.233 e. The van der Waals surface area contributed by atoms with Crippen LogP contribution in [0.3, 0.4) is 0 Å². The Hall–Kier alpha value is -0.650. The first kappa shape index (κ1) is 14.4. The Bertz CT molecular complexity index is 236. The van der Waals surface area contributed by atoms with Crippen molar-refractivity contribution in [3.05, 3.63) is 0 Å². The molecule has 1 heterocycles. The van der Waals surface area contributed by atoms with Crippen molar-refractivity contribution in [3.63, 3.8) is 0 Å². The van der Waals surface area contributed by atoms with Crippen molar-refractivity contribution in [2.45, 2.75) is 45.1 Å². The van der Waals surface area contributed by atoms with E-state index < -0.39 is 0 Å². The minimum absolute atomic E-state index is 0.0905. The van der Waals surface area contributed by atoms with Gasteiger partial charge in [0.15, 0.2) is 0 Å². The summed E-state index contributed by atoms with van der Waals surface area (Å²) in [6.45, 7) is 5.01. The van der Waals surface area contributed by atoms with E-state index >= 15 is 0 Å². The zero-order chi connectivity index (χ0) is 12.7. The Morgan fingerprint density at radius 3 is 2.88 bits per heavy atom. The number of carbonyl (C=O) groups is 1. The van der Waals surface area contributed by atoms with E-state index in [9.17, 15) is 9.90 Å². The average Bonchev–Trinajstić information content (AvgIpc) is 2.33. The van der Waals surface area contributed by atoms with Crippen molar-refractivity contribution in [3.8, 4) is 0 Å².